The lowest BCUT2D eigenvalue weighted by Crippen LogP contribution is -2.39. The van der Waals surface area contributed by atoms with Crippen molar-refractivity contribution < 1.29 is 4.79 Å². The van der Waals surface area contributed by atoms with Crippen molar-refractivity contribution in [2.24, 2.45) is 5.92 Å². The summed E-state index contributed by atoms with van der Waals surface area (Å²) in [6, 6.07) is 2.13. The molecule has 2 aromatic heterocycles. The fourth-order valence-electron chi connectivity index (χ4n) is 3.24. The molecule has 0 radical (unpaired) electrons. The van der Waals surface area contributed by atoms with E-state index in [9.17, 15) is 4.79 Å². The number of carbonyl (C=O) groups is 1. The summed E-state index contributed by atoms with van der Waals surface area (Å²) in [7, 11) is 0. The molecule has 3 heterocycles. The minimum Gasteiger partial charge on any atom is -0.338 e. The molecule has 0 bridgehead atoms. The maximum atomic E-state index is 13.0. The van der Waals surface area contributed by atoms with E-state index in [1.807, 2.05) is 22.6 Å². The third-order valence-corrected chi connectivity index (χ3v) is 4.36. The zero-order chi connectivity index (χ0) is 15.9. The Bertz CT molecular complexity index is 704. The average Bonchev–Trinajstić information content (AvgIpc) is 2.89. The molecule has 0 aromatic carbocycles. The van der Waals surface area contributed by atoms with Crippen LogP contribution in [0.4, 0.5) is 0 Å². The highest BCUT2D eigenvalue weighted by Crippen LogP contribution is 2.24. The molecule has 5 heteroatoms. The van der Waals surface area contributed by atoms with Crippen LogP contribution >= 0.6 is 0 Å². The van der Waals surface area contributed by atoms with Crippen LogP contribution in [-0.4, -0.2) is 38.7 Å². The van der Waals surface area contributed by atoms with Crippen molar-refractivity contribution >= 4 is 16.9 Å². The summed E-state index contributed by atoms with van der Waals surface area (Å²) in [6.45, 7) is 10.00. The Balaban J connectivity index is 2.04. The van der Waals surface area contributed by atoms with Gasteiger partial charge in [-0.15, -0.1) is 0 Å². The Hall–Kier alpha value is -1.91. The van der Waals surface area contributed by atoms with Gasteiger partial charge < -0.3 is 4.90 Å². The molecule has 1 fully saturated rings. The van der Waals surface area contributed by atoms with E-state index in [2.05, 4.69) is 30.9 Å². The quantitative estimate of drug-likeness (QED) is 0.856. The minimum atomic E-state index is 0.116. The fourth-order valence-corrected chi connectivity index (χ4v) is 3.24. The molecule has 0 spiro atoms. The highest BCUT2D eigenvalue weighted by atomic mass is 16.2. The zero-order valence-electron chi connectivity index (χ0n) is 13.8. The molecule has 0 N–H and O–H groups in total. The Morgan fingerprint density at radius 2 is 2.18 bits per heavy atom. The van der Waals surface area contributed by atoms with Crippen molar-refractivity contribution in [1.29, 1.82) is 0 Å². The number of amides is 1. The third kappa shape index (κ3) is 2.60. The number of likely N-dealkylation sites (tertiary alicyclic amines) is 1. The molecule has 0 aliphatic carbocycles. The number of fused-ring (bicyclic) bond motifs is 1. The molecule has 2 aromatic rings. The van der Waals surface area contributed by atoms with Gasteiger partial charge in [-0.05, 0) is 45.6 Å². The van der Waals surface area contributed by atoms with Gasteiger partial charge in [0, 0.05) is 24.8 Å². The first kappa shape index (κ1) is 15.0. The van der Waals surface area contributed by atoms with Crippen molar-refractivity contribution in [3.8, 4) is 0 Å². The second-order valence-corrected chi connectivity index (χ2v) is 6.73. The summed E-state index contributed by atoms with van der Waals surface area (Å²) in [4.78, 5) is 19.5. The number of nitrogens with zero attached hydrogens (tertiary/aromatic N) is 4. The topological polar surface area (TPSA) is 51.0 Å². The lowest BCUT2D eigenvalue weighted by molar-refractivity contribution is 0.0685. The summed E-state index contributed by atoms with van der Waals surface area (Å²) in [6.07, 6.45) is 4.08. The predicted octanol–water partition coefficient (Wildman–Crippen LogP) is 3.19. The van der Waals surface area contributed by atoms with E-state index in [1.54, 1.807) is 6.20 Å². The van der Waals surface area contributed by atoms with Gasteiger partial charge in [0.15, 0.2) is 5.65 Å². The van der Waals surface area contributed by atoms with Crippen LogP contribution in [-0.2, 0) is 0 Å². The standard InChI is InChI=1S/C17H24N4O/c1-11(2)21-16-15(9-18-21)14(8-13(4)19-16)17(22)20-7-5-6-12(3)10-20/h8-9,11-12H,5-7,10H2,1-4H3/t12-/m1/s1. The number of carbonyl (C=O) groups excluding carboxylic acids is 1. The molecule has 118 valence electrons. The first-order valence-electron chi connectivity index (χ1n) is 8.11. The van der Waals surface area contributed by atoms with E-state index >= 15 is 0 Å². The first-order chi connectivity index (χ1) is 10.5. The van der Waals surface area contributed by atoms with Gasteiger partial charge in [-0.3, -0.25) is 4.79 Å². The Labute approximate surface area is 131 Å². The van der Waals surface area contributed by atoms with Crippen molar-refractivity contribution in [3.63, 3.8) is 0 Å². The zero-order valence-corrected chi connectivity index (χ0v) is 13.8. The number of pyridine rings is 1. The molecule has 1 amide bonds. The molecule has 5 nitrogen and oxygen atoms in total. The first-order valence-corrected chi connectivity index (χ1v) is 8.11. The van der Waals surface area contributed by atoms with Gasteiger partial charge in [-0.25, -0.2) is 9.67 Å². The van der Waals surface area contributed by atoms with Gasteiger partial charge in [0.1, 0.15) is 0 Å². The second-order valence-electron chi connectivity index (χ2n) is 6.73. The molecule has 1 atom stereocenters. The van der Waals surface area contributed by atoms with Gasteiger partial charge in [0.05, 0.1) is 17.1 Å². The van der Waals surface area contributed by atoms with E-state index in [0.717, 1.165) is 41.8 Å². The molecule has 1 aliphatic heterocycles. The van der Waals surface area contributed by atoms with Crippen LogP contribution in [0.1, 0.15) is 55.7 Å². The number of piperidine rings is 1. The molecular weight excluding hydrogens is 276 g/mol. The maximum absolute atomic E-state index is 13.0. The SMILES string of the molecule is Cc1cc(C(=O)N2CCC[C@@H](C)C2)c2cnn(C(C)C)c2n1. The lowest BCUT2D eigenvalue weighted by atomic mass is 9.99. The molecule has 1 aliphatic rings. The van der Waals surface area contributed by atoms with Gasteiger partial charge in [0.2, 0.25) is 0 Å². The molecule has 1 saturated heterocycles. The van der Waals surface area contributed by atoms with Crippen LogP contribution in [0.2, 0.25) is 0 Å². The maximum Gasteiger partial charge on any atom is 0.254 e. The van der Waals surface area contributed by atoms with Crippen molar-refractivity contribution in [2.45, 2.75) is 46.6 Å². The van der Waals surface area contributed by atoms with Crippen LogP contribution in [0.15, 0.2) is 12.3 Å². The Kier molecular flexibility index (Phi) is 3.89. The molecular formula is C17H24N4O. The Morgan fingerprint density at radius 1 is 1.41 bits per heavy atom. The van der Waals surface area contributed by atoms with Crippen molar-refractivity contribution in [1.82, 2.24) is 19.7 Å². The molecule has 3 rings (SSSR count). The van der Waals surface area contributed by atoms with Crippen LogP contribution < -0.4 is 0 Å². The van der Waals surface area contributed by atoms with Crippen molar-refractivity contribution in [2.75, 3.05) is 13.1 Å². The minimum absolute atomic E-state index is 0.116. The van der Waals surface area contributed by atoms with Crippen LogP contribution in [0.5, 0.6) is 0 Å². The lowest BCUT2D eigenvalue weighted by Gasteiger charge is -2.31. The molecule has 0 saturated carbocycles. The second kappa shape index (κ2) is 5.71. The predicted molar refractivity (Wildman–Crippen MR) is 87.0 cm³/mol. The van der Waals surface area contributed by atoms with Gasteiger partial charge in [0.25, 0.3) is 5.91 Å². The van der Waals surface area contributed by atoms with E-state index in [4.69, 9.17) is 0 Å². The van der Waals surface area contributed by atoms with Crippen LogP contribution in [0.25, 0.3) is 11.0 Å². The van der Waals surface area contributed by atoms with E-state index in [0.29, 0.717) is 5.92 Å². The summed E-state index contributed by atoms with van der Waals surface area (Å²) < 4.78 is 1.89. The van der Waals surface area contributed by atoms with Crippen LogP contribution in [0, 0.1) is 12.8 Å². The third-order valence-electron chi connectivity index (χ3n) is 4.36. The van der Waals surface area contributed by atoms with Gasteiger partial charge in [-0.1, -0.05) is 6.92 Å². The number of hydrogen-bond acceptors (Lipinski definition) is 3. The van der Waals surface area contributed by atoms with E-state index in [1.165, 1.54) is 6.42 Å². The number of rotatable bonds is 2. The van der Waals surface area contributed by atoms with E-state index in [-0.39, 0.29) is 11.9 Å². The van der Waals surface area contributed by atoms with Crippen molar-refractivity contribution in [3.05, 3.63) is 23.5 Å². The smallest absolute Gasteiger partial charge is 0.254 e. The van der Waals surface area contributed by atoms with Crippen LogP contribution in [0.3, 0.4) is 0 Å². The monoisotopic (exact) mass is 300 g/mol. The highest BCUT2D eigenvalue weighted by Gasteiger charge is 2.25. The largest absolute Gasteiger partial charge is 0.338 e. The average molecular weight is 300 g/mol. The molecule has 0 unspecified atom stereocenters. The van der Waals surface area contributed by atoms with Gasteiger partial charge in [-0.2, -0.15) is 5.10 Å². The fraction of sp³-hybridized carbons (Fsp3) is 0.588. The normalized spacial score (nSPS) is 19.1. The summed E-state index contributed by atoms with van der Waals surface area (Å²) in [5.74, 6) is 0.694. The summed E-state index contributed by atoms with van der Waals surface area (Å²) >= 11 is 0. The number of hydrogen-bond donors (Lipinski definition) is 0. The molecule has 22 heavy (non-hydrogen) atoms. The van der Waals surface area contributed by atoms with E-state index < -0.39 is 0 Å². The Morgan fingerprint density at radius 3 is 2.86 bits per heavy atom. The van der Waals surface area contributed by atoms with Gasteiger partial charge >= 0.3 is 0 Å². The number of aromatic nitrogens is 3. The summed E-state index contributed by atoms with van der Waals surface area (Å²) in [5, 5.41) is 5.29. The summed E-state index contributed by atoms with van der Waals surface area (Å²) in [5.41, 5.74) is 2.41. The number of aryl methyl sites for hydroxylation is 1. The highest BCUT2D eigenvalue weighted by molar-refractivity contribution is 6.05.